The summed E-state index contributed by atoms with van der Waals surface area (Å²) in [4.78, 5) is 11.7. The van der Waals surface area contributed by atoms with E-state index in [0.717, 1.165) is 36.1 Å². The lowest BCUT2D eigenvalue weighted by Gasteiger charge is -2.16. The molecule has 0 bridgehead atoms. The molecule has 1 aromatic heterocycles. The van der Waals surface area contributed by atoms with E-state index in [4.69, 9.17) is 9.90 Å². The number of likely N-dealkylation sites (tertiary alicyclic amines) is 1. The minimum atomic E-state index is -5.08. The van der Waals surface area contributed by atoms with Crippen molar-refractivity contribution >= 4 is 26.9 Å². The predicted octanol–water partition coefficient (Wildman–Crippen LogP) is 4.42. The van der Waals surface area contributed by atoms with Crippen LogP contribution in [0.1, 0.15) is 24.0 Å². The molecule has 1 N–H and O–H groups in total. The Morgan fingerprint density at radius 1 is 1.03 bits per heavy atom. The lowest BCUT2D eigenvalue weighted by molar-refractivity contribution is -0.192. The van der Waals surface area contributed by atoms with Crippen LogP contribution >= 0.6 is 0 Å². The summed E-state index contributed by atoms with van der Waals surface area (Å²) in [6, 6.07) is 14.6. The quantitative estimate of drug-likeness (QED) is 0.614. The first-order valence-electron chi connectivity index (χ1n) is 9.94. The van der Waals surface area contributed by atoms with E-state index < -0.39 is 22.2 Å². The monoisotopic (exact) mass is 468 g/mol. The number of benzene rings is 2. The number of carboxylic acids is 1. The van der Waals surface area contributed by atoms with Crippen molar-refractivity contribution in [3.05, 3.63) is 65.9 Å². The zero-order valence-electron chi connectivity index (χ0n) is 17.3. The second-order valence-electron chi connectivity index (χ2n) is 7.52. The molecule has 1 saturated heterocycles. The molecule has 0 amide bonds. The summed E-state index contributed by atoms with van der Waals surface area (Å²) in [6.07, 6.45) is -0.836. The number of carbonyl (C=O) groups is 1. The molecule has 1 aliphatic rings. The summed E-state index contributed by atoms with van der Waals surface area (Å²) in [6.45, 7) is 5.12. The van der Waals surface area contributed by atoms with Gasteiger partial charge in [-0.25, -0.2) is 17.2 Å². The lowest BCUT2D eigenvalue weighted by Crippen LogP contribution is -2.21. The summed E-state index contributed by atoms with van der Waals surface area (Å²) in [7, 11) is -3.59. The van der Waals surface area contributed by atoms with Crippen LogP contribution in [0, 0.1) is 6.92 Å². The van der Waals surface area contributed by atoms with E-state index in [0.29, 0.717) is 4.90 Å². The van der Waals surface area contributed by atoms with Crippen molar-refractivity contribution in [2.75, 3.05) is 13.1 Å². The Morgan fingerprint density at radius 2 is 1.62 bits per heavy atom. The first-order chi connectivity index (χ1) is 15.0. The summed E-state index contributed by atoms with van der Waals surface area (Å²) in [5.74, 6) is -2.76. The first kappa shape index (κ1) is 23.8. The van der Waals surface area contributed by atoms with Gasteiger partial charge < -0.3 is 5.11 Å². The van der Waals surface area contributed by atoms with Gasteiger partial charge in [-0.2, -0.15) is 13.2 Å². The zero-order valence-corrected chi connectivity index (χ0v) is 18.2. The Hall–Kier alpha value is -2.85. The van der Waals surface area contributed by atoms with Crippen LogP contribution in [0.3, 0.4) is 0 Å². The van der Waals surface area contributed by atoms with Crippen molar-refractivity contribution in [3.63, 3.8) is 0 Å². The van der Waals surface area contributed by atoms with Crippen molar-refractivity contribution in [1.82, 2.24) is 8.87 Å². The number of hydrogen-bond donors (Lipinski definition) is 1. The molecule has 172 valence electrons. The fraction of sp³-hybridized carbons (Fsp3) is 0.318. The smallest absolute Gasteiger partial charge is 0.475 e. The normalized spacial score (nSPS) is 14.9. The van der Waals surface area contributed by atoms with Gasteiger partial charge in [0, 0.05) is 18.1 Å². The minimum Gasteiger partial charge on any atom is -0.475 e. The number of aliphatic carboxylic acids is 1. The Balaban J connectivity index is 0.000000360. The number of rotatable bonds is 4. The van der Waals surface area contributed by atoms with Crippen molar-refractivity contribution in [2.45, 2.75) is 37.4 Å². The summed E-state index contributed by atoms with van der Waals surface area (Å²) in [5, 5.41) is 8.19. The van der Waals surface area contributed by atoms with Gasteiger partial charge in [0.15, 0.2) is 0 Å². The van der Waals surface area contributed by atoms with Gasteiger partial charge in [0.25, 0.3) is 10.0 Å². The molecule has 10 heteroatoms. The van der Waals surface area contributed by atoms with E-state index in [1.54, 1.807) is 30.5 Å². The number of fused-ring (bicyclic) bond motifs is 1. The molecule has 0 unspecified atom stereocenters. The molecule has 3 aromatic rings. The fourth-order valence-electron chi connectivity index (χ4n) is 3.75. The highest BCUT2D eigenvalue weighted by Gasteiger charge is 2.38. The third-order valence-corrected chi connectivity index (χ3v) is 6.89. The van der Waals surface area contributed by atoms with E-state index in [2.05, 4.69) is 11.0 Å². The number of nitrogens with zero attached hydrogens (tertiary/aromatic N) is 2. The van der Waals surface area contributed by atoms with Gasteiger partial charge in [0.1, 0.15) is 0 Å². The van der Waals surface area contributed by atoms with Gasteiger partial charge in [0.2, 0.25) is 0 Å². The van der Waals surface area contributed by atoms with Crippen molar-refractivity contribution in [3.8, 4) is 0 Å². The molecule has 0 saturated carbocycles. The first-order valence-corrected chi connectivity index (χ1v) is 11.4. The van der Waals surface area contributed by atoms with Crippen LogP contribution in [-0.2, 0) is 21.4 Å². The van der Waals surface area contributed by atoms with Gasteiger partial charge >= 0.3 is 12.1 Å². The number of aryl methyl sites for hydroxylation is 1. The molecule has 2 heterocycles. The van der Waals surface area contributed by atoms with Crippen LogP contribution < -0.4 is 0 Å². The predicted molar refractivity (Wildman–Crippen MR) is 114 cm³/mol. The second-order valence-corrected chi connectivity index (χ2v) is 9.34. The maximum absolute atomic E-state index is 13.1. The molecule has 32 heavy (non-hydrogen) atoms. The molecule has 0 radical (unpaired) electrons. The van der Waals surface area contributed by atoms with Gasteiger partial charge in [-0.3, -0.25) is 4.90 Å². The summed E-state index contributed by atoms with van der Waals surface area (Å²) < 4.78 is 59.3. The molecule has 2 aromatic carbocycles. The van der Waals surface area contributed by atoms with Crippen LogP contribution in [0.2, 0.25) is 0 Å². The molecule has 0 spiro atoms. The molecular formula is C22H23F3N2O4S. The Labute approximate surface area is 183 Å². The van der Waals surface area contributed by atoms with E-state index >= 15 is 0 Å². The molecular weight excluding hydrogens is 445 g/mol. The molecule has 1 fully saturated rings. The highest BCUT2D eigenvalue weighted by Crippen LogP contribution is 2.29. The third kappa shape index (κ3) is 5.13. The van der Waals surface area contributed by atoms with Gasteiger partial charge in [0.05, 0.1) is 10.4 Å². The third-order valence-electron chi connectivity index (χ3n) is 5.21. The van der Waals surface area contributed by atoms with E-state index in [1.165, 1.54) is 22.4 Å². The average molecular weight is 468 g/mol. The number of alkyl halides is 3. The van der Waals surface area contributed by atoms with Gasteiger partial charge in [-0.05, 0) is 62.2 Å². The van der Waals surface area contributed by atoms with Crippen LogP contribution in [-0.4, -0.2) is 47.6 Å². The SMILES string of the molecule is Cc1cn(S(=O)(=O)c2ccccc2)c2cccc(CN3CCCC3)c12.O=C(O)C(F)(F)F. The average Bonchev–Trinajstić information content (AvgIpc) is 3.37. The van der Waals surface area contributed by atoms with Gasteiger partial charge in [-0.1, -0.05) is 30.3 Å². The van der Waals surface area contributed by atoms with Crippen LogP contribution in [0.25, 0.3) is 10.9 Å². The molecule has 6 nitrogen and oxygen atoms in total. The van der Waals surface area contributed by atoms with Crippen molar-refractivity contribution in [1.29, 1.82) is 0 Å². The van der Waals surface area contributed by atoms with E-state index in [1.807, 2.05) is 25.1 Å². The van der Waals surface area contributed by atoms with Crippen LogP contribution in [0.15, 0.2) is 59.6 Å². The molecule has 0 aliphatic carbocycles. The lowest BCUT2D eigenvalue weighted by atomic mass is 10.1. The summed E-state index contributed by atoms with van der Waals surface area (Å²) in [5.41, 5.74) is 2.97. The molecule has 1 aliphatic heterocycles. The zero-order chi connectivity index (χ0) is 23.5. The Morgan fingerprint density at radius 3 is 2.19 bits per heavy atom. The van der Waals surface area contributed by atoms with E-state index in [9.17, 15) is 21.6 Å². The highest BCUT2D eigenvalue weighted by atomic mass is 32.2. The number of aromatic nitrogens is 1. The molecule has 0 atom stereocenters. The fourth-order valence-corrected chi connectivity index (χ4v) is 5.19. The van der Waals surface area contributed by atoms with Gasteiger partial charge in [-0.15, -0.1) is 0 Å². The second kappa shape index (κ2) is 9.33. The van der Waals surface area contributed by atoms with Crippen molar-refractivity contribution in [2.24, 2.45) is 0 Å². The standard InChI is InChI=1S/C20H22N2O2S.C2HF3O2/c1-16-14-22(25(23,24)18-9-3-2-4-10-18)19-11-7-8-17(20(16)19)15-21-12-5-6-13-21;3-2(4,5)1(6)7/h2-4,7-11,14H,5-6,12-13,15H2,1H3;(H,6,7). The highest BCUT2D eigenvalue weighted by molar-refractivity contribution is 7.90. The largest absolute Gasteiger partial charge is 0.490 e. The van der Waals surface area contributed by atoms with E-state index in [-0.39, 0.29) is 0 Å². The number of halogens is 3. The van der Waals surface area contributed by atoms with Crippen LogP contribution in [0.4, 0.5) is 13.2 Å². The van der Waals surface area contributed by atoms with Crippen molar-refractivity contribution < 1.29 is 31.5 Å². The maximum atomic E-state index is 13.1. The number of carboxylic acid groups (broad SMARTS) is 1. The summed E-state index contributed by atoms with van der Waals surface area (Å²) >= 11 is 0. The van der Waals surface area contributed by atoms with Crippen LogP contribution in [0.5, 0.6) is 0 Å². The molecule has 4 rings (SSSR count). The number of hydrogen-bond acceptors (Lipinski definition) is 4. The Kier molecular flexibility index (Phi) is 6.94. The topological polar surface area (TPSA) is 79.6 Å². The Bertz CT molecular complexity index is 1200. The minimum absolute atomic E-state index is 0.317. The maximum Gasteiger partial charge on any atom is 0.490 e.